The van der Waals surface area contributed by atoms with Crippen molar-refractivity contribution in [3.05, 3.63) is 48.0 Å². The predicted molar refractivity (Wildman–Crippen MR) is 144 cm³/mol. The molecule has 0 spiro atoms. The maximum absolute atomic E-state index is 9.73. The van der Waals surface area contributed by atoms with E-state index in [9.17, 15) is 5.11 Å². The van der Waals surface area contributed by atoms with Crippen molar-refractivity contribution in [1.82, 2.24) is 0 Å². The van der Waals surface area contributed by atoms with Crippen molar-refractivity contribution in [1.29, 1.82) is 0 Å². The zero-order valence-electron chi connectivity index (χ0n) is 21.5. The summed E-state index contributed by atoms with van der Waals surface area (Å²) in [5, 5.41) is 9.73. The van der Waals surface area contributed by atoms with Crippen molar-refractivity contribution < 1.29 is 9.59 Å². The van der Waals surface area contributed by atoms with Gasteiger partial charge in [-0.1, -0.05) is 101 Å². The predicted octanol–water partition coefficient (Wildman–Crippen LogP) is 7.49. The third kappa shape index (κ3) is 11.5. The Bertz CT molecular complexity index is 655. The Kier molecular flexibility index (Phi) is 15.1. The zero-order chi connectivity index (χ0) is 23.5. The lowest BCUT2D eigenvalue weighted by Gasteiger charge is -2.34. The van der Waals surface area contributed by atoms with Crippen LogP contribution in [0.4, 0.5) is 0 Å². The Labute approximate surface area is 204 Å². The quantitative estimate of drug-likeness (QED) is 0.123. The smallest absolute Gasteiger partial charge is 0.198 e. The van der Waals surface area contributed by atoms with Gasteiger partial charge in [0.25, 0.3) is 0 Å². The van der Waals surface area contributed by atoms with Gasteiger partial charge in [0.05, 0.1) is 19.7 Å². The van der Waals surface area contributed by atoms with Gasteiger partial charge in [0.2, 0.25) is 0 Å². The number of allylic oxidation sites excluding steroid dienone is 2. The molecule has 3 nitrogen and oxygen atoms in total. The molecule has 1 aliphatic heterocycles. The van der Waals surface area contributed by atoms with Crippen LogP contribution < -0.4 is 0 Å². The summed E-state index contributed by atoms with van der Waals surface area (Å²) in [5.74, 6) is 1.35. The van der Waals surface area contributed by atoms with Crippen LogP contribution in [-0.2, 0) is 6.42 Å². The first kappa shape index (κ1) is 27.8. The van der Waals surface area contributed by atoms with E-state index < -0.39 is 0 Å². The monoisotopic (exact) mass is 455 g/mol. The molecule has 0 amide bonds. The van der Waals surface area contributed by atoms with Gasteiger partial charge < -0.3 is 5.11 Å². The van der Waals surface area contributed by atoms with E-state index in [1.54, 1.807) is 0 Å². The minimum absolute atomic E-state index is 0.250. The highest BCUT2D eigenvalue weighted by molar-refractivity contribution is 5.76. The molecule has 0 radical (unpaired) electrons. The summed E-state index contributed by atoms with van der Waals surface area (Å²) >= 11 is 0. The Balaban J connectivity index is 1.54. The van der Waals surface area contributed by atoms with Crippen LogP contribution in [0.15, 0.2) is 47.5 Å². The molecule has 1 aromatic carbocycles. The second-order valence-corrected chi connectivity index (χ2v) is 9.91. The second kappa shape index (κ2) is 18.0. The van der Waals surface area contributed by atoms with Gasteiger partial charge >= 0.3 is 0 Å². The molecule has 1 heterocycles. The molecule has 3 heteroatoms. The van der Waals surface area contributed by atoms with Crippen LogP contribution in [0.25, 0.3) is 0 Å². The normalized spacial score (nSPS) is 18.3. The highest BCUT2D eigenvalue weighted by Gasteiger charge is 2.36. The Morgan fingerprint density at radius 2 is 1.42 bits per heavy atom. The summed E-state index contributed by atoms with van der Waals surface area (Å²) < 4.78 is 0.912. The van der Waals surface area contributed by atoms with Crippen molar-refractivity contribution in [2.75, 3.05) is 32.8 Å². The number of rotatable bonds is 20. The number of aliphatic hydroxyl groups excluding tert-OH is 1. The highest BCUT2D eigenvalue weighted by atomic mass is 16.3. The maximum Gasteiger partial charge on any atom is 0.198 e. The number of amidine groups is 1. The lowest BCUT2D eigenvalue weighted by Crippen LogP contribution is -2.53. The van der Waals surface area contributed by atoms with E-state index in [0.717, 1.165) is 43.5 Å². The number of quaternary nitrogens is 1. The molecule has 2 rings (SSSR count). The van der Waals surface area contributed by atoms with Crippen LogP contribution in [0.2, 0.25) is 0 Å². The highest BCUT2D eigenvalue weighted by Crippen LogP contribution is 2.21. The number of benzene rings is 1. The molecule has 0 aliphatic carbocycles. The van der Waals surface area contributed by atoms with Crippen molar-refractivity contribution in [2.24, 2.45) is 4.99 Å². The molecule has 1 unspecified atom stereocenters. The van der Waals surface area contributed by atoms with Gasteiger partial charge in [-0.3, -0.25) is 4.48 Å². The van der Waals surface area contributed by atoms with Crippen molar-refractivity contribution in [2.45, 2.75) is 103 Å². The topological polar surface area (TPSA) is 32.6 Å². The number of nitrogens with zero attached hydrogens (tertiary/aromatic N) is 2. The molecule has 0 saturated heterocycles. The van der Waals surface area contributed by atoms with Gasteiger partial charge in [0, 0.05) is 12.8 Å². The lowest BCUT2D eigenvalue weighted by molar-refractivity contribution is -0.836. The van der Waals surface area contributed by atoms with Gasteiger partial charge in [-0.25, -0.2) is 4.99 Å². The molecule has 0 fully saturated rings. The minimum atomic E-state index is 0.250. The average molecular weight is 456 g/mol. The van der Waals surface area contributed by atoms with Gasteiger partial charge in [-0.15, -0.1) is 0 Å². The molecule has 1 aliphatic rings. The van der Waals surface area contributed by atoms with Gasteiger partial charge in [-0.2, -0.15) is 0 Å². The van der Waals surface area contributed by atoms with E-state index in [4.69, 9.17) is 4.99 Å². The van der Waals surface area contributed by atoms with Crippen LogP contribution in [0.1, 0.15) is 102 Å². The fourth-order valence-electron chi connectivity index (χ4n) is 5.09. The molecule has 1 N–H and O–H groups in total. The third-order valence-corrected chi connectivity index (χ3v) is 7.23. The molecule has 33 heavy (non-hydrogen) atoms. The first-order chi connectivity index (χ1) is 16.3. The Morgan fingerprint density at radius 1 is 0.788 bits per heavy atom. The van der Waals surface area contributed by atoms with Crippen molar-refractivity contribution in [3.8, 4) is 0 Å². The SMILES string of the molecule is CCCCCCCCC=CCCCCCCCC1=NCC[N+]1(CCO)CCc1ccccc1. The van der Waals surface area contributed by atoms with Crippen LogP contribution in [-0.4, -0.2) is 48.2 Å². The second-order valence-electron chi connectivity index (χ2n) is 9.91. The largest absolute Gasteiger partial charge is 0.390 e. The Morgan fingerprint density at radius 3 is 2.09 bits per heavy atom. The summed E-state index contributed by atoms with van der Waals surface area (Å²) in [6, 6.07) is 10.8. The summed E-state index contributed by atoms with van der Waals surface area (Å²) in [6.07, 6.45) is 24.4. The van der Waals surface area contributed by atoms with Crippen LogP contribution in [0.3, 0.4) is 0 Å². The summed E-state index contributed by atoms with van der Waals surface area (Å²) in [7, 11) is 0. The molecule has 1 atom stereocenters. The zero-order valence-corrected chi connectivity index (χ0v) is 21.5. The number of hydrogen-bond donors (Lipinski definition) is 1. The molecular formula is C30H51N2O+. The summed E-state index contributed by atoms with van der Waals surface area (Å²) in [5.41, 5.74) is 1.39. The molecule has 186 valence electrons. The van der Waals surface area contributed by atoms with Crippen LogP contribution >= 0.6 is 0 Å². The third-order valence-electron chi connectivity index (χ3n) is 7.23. The van der Waals surface area contributed by atoms with E-state index in [-0.39, 0.29) is 6.61 Å². The van der Waals surface area contributed by atoms with Gasteiger partial charge in [0.1, 0.15) is 13.1 Å². The van der Waals surface area contributed by atoms with Crippen LogP contribution in [0, 0.1) is 0 Å². The van der Waals surface area contributed by atoms with E-state index in [2.05, 4.69) is 49.4 Å². The lowest BCUT2D eigenvalue weighted by atomic mass is 10.1. The van der Waals surface area contributed by atoms with Crippen LogP contribution in [0.5, 0.6) is 0 Å². The van der Waals surface area contributed by atoms with Crippen molar-refractivity contribution >= 4 is 5.84 Å². The summed E-state index contributed by atoms with van der Waals surface area (Å²) in [4.78, 5) is 4.89. The van der Waals surface area contributed by atoms with Crippen molar-refractivity contribution in [3.63, 3.8) is 0 Å². The number of aliphatic hydroxyl groups is 1. The first-order valence-corrected chi connectivity index (χ1v) is 14.0. The molecule has 0 aromatic heterocycles. The van der Waals surface area contributed by atoms with E-state index in [0.29, 0.717) is 0 Å². The molecule has 0 saturated carbocycles. The van der Waals surface area contributed by atoms with E-state index in [1.165, 1.54) is 94.9 Å². The molecule has 1 aromatic rings. The minimum Gasteiger partial charge on any atom is -0.390 e. The number of aliphatic imine (C=N–C) groups is 1. The molecular weight excluding hydrogens is 404 g/mol. The van der Waals surface area contributed by atoms with Gasteiger partial charge in [-0.05, 0) is 37.7 Å². The van der Waals surface area contributed by atoms with E-state index in [1.807, 2.05) is 0 Å². The maximum atomic E-state index is 9.73. The first-order valence-electron chi connectivity index (χ1n) is 14.0. The summed E-state index contributed by atoms with van der Waals surface area (Å²) in [6.45, 7) is 6.40. The molecule has 0 bridgehead atoms. The fourth-order valence-corrected chi connectivity index (χ4v) is 5.09. The number of hydrogen-bond acceptors (Lipinski definition) is 2. The van der Waals surface area contributed by atoms with Gasteiger partial charge in [0.15, 0.2) is 5.84 Å². The number of unbranched alkanes of at least 4 members (excludes halogenated alkanes) is 11. The van der Waals surface area contributed by atoms with E-state index >= 15 is 0 Å². The Hall–Kier alpha value is -1.45. The average Bonchev–Trinajstić information content (AvgIpc) is 3.23. The standard InChI is InChI=1S/C30H51N2O/c1-2-3-4-5-6-7-8-9-10-11-12-13-14-15-19-22-30-31-24-26-32(30,27-28-33)25-23-29-20-17-16-18-21-29/h9-10,16-18,20-21,33H,2-8,11-15,19,22-28H2,1H3/q+1. The fraction of sp³-hybridized carbons (Fsp3) is 0.700.